The molecule has 4 saturated carbocycles. The van der Waals surface area contributed by atoms with Gasteiger partial charge in [-0.2, -0.15) is 0 Å². The second-order valence-electron chi connectivity index (χ2n) is 9.03. The summed E-state index contributed by atoms with van der Waals surface area (Å²) in [6.45, 7) is 3.62. The Hall–Kier alpha value is -1.91. The van der Waals surface area contributed by atoms with Gasteiger partial charge in [0.25, 0.3) is 5.91 Å². The molecule has 26 heavy (non-hydrogen) atoms. The Bertz CT molecular complexity index is 804. The molecule has 4 fully saturated rings. The molecule has 1 aromatic carbocycles. The summed E-state index contributed by atoms with van der Waals surface area (Å²) in [5.74, 6) is 2.93. The molecular formula is C21H28N4O. The van der Waals surface area contributed by atoms with E-state index in [1.165, 1.54) is 38.5 Å². The van der Waals surface area contributed by atoms with Crippen molar-refractivity contribution in [1.82, 2.24) is 20.3 Å². The third kappa shape index (κ3) is 2.72. The first-order chi connectivity index (χ1) is 12.6. The zero-order valence-electron chi connectivity index (χ0n) is 15.6. The number of nitrogens with zero attached hydrogens (tertiary/aromatic N) is 3. The lowest BCUT2D eigenvalue weighted by atomic mass is 9.49. The molecule has 1 aromatic heterocycles. The van der Waals surface area contributed by atoms with E-state index in [2.05, 4.69) is 15.6 Å². The van der Waals surface area contributed by atoms with E-state index in [1.807, 2.05) is 29.8 Å². The Labute approximate surface area is 154 Å². The van der Waals surface area contributed by atoms with Crippen LogP contribution in [0.15, 0.2) is 18.2 Å². The molecule has 4 bridgehead atoms. The fraction of sp³-hybridized carbons (Fsp3) is 0.667. The summed E-state index contributed by atoms with van der Waals surface area (Å²) in [5.41, 5.74) is 2.99. The van der Waals surface area contributed by atoms with E-state index in [1.54, 1.807) is 0 Å². The summed E-state index contributed by atoms with van der Waals surface area (Å²) in [7, 11) is 0. The third-order valence-corrected chi connectivity index (χ3v) is 7.18. The van der Waals surface area contributed by atoms with Crippen LogP contribution < -0.4 is 5.32 Å². The number of fused-ring (bicyclic) bond motifs is 1. The minimum atomic E-state index is 0.0164. The Balaban J connectivity index is 1.22. The van der Waals surface area contributed by atoms with Crippen LogP contribution in [0.2, 0.25) is 0 Å². The zero-order chi connectivity index (χ0) is 17.7. The molecule has 6 rings (SSSR count). The predicted molar refractivity (Wildman–Crippen MR) is 101 cm³/mol. The van der Waals surface area contributed by atoms with Crippen molar-refractivity contribution in [2.75, 3.05) is 6.54 Å². The molecule has 4 aliphatic carbocycles. The molecule has 4 aliphatic rings. The first kappa shape index (κ1) is 16.3. The number of hydrogen-bond acceptors (Lipinski definition) is 3. The van der Waals surface area contributed by atoms with Gasteiger partial charge in [-0.05, 0) is 93.2 Å². The fourth-order valence-electron chi connectivity index (χ4n) is 6.49. The van der Waals surface area contributed by atoms with Gasteiger partial charge < -0.3 is 5.32 Å². The lowest BCUT2D eigenvalue weighted by molar-refractivity contribution is -0.0564. The SMILES string of the molecule is CCn1nnc2cc(C(=O)NCCC34CC5CC(CC(C5)C3)C4)ccc21. The van der Waals surface area contributed by atoms with Crippen molar-refractivity contribution in [2.24, 2.45) is 23.2 Å². The average Bonchev–Trinajstić information content (AvgIpc) is 3.02. The molecule has 2 aromatic rings. The largest absolute Gasteiger partial charge is 0.352 e. The van der Waals surface area contributed by atoms with Crippen LogP contribution >= 0.6 is 0 Å². The Morgan fingerprint density at radius 3 is 2.54 bits per heavy atom. The number of carbonyl (C=O) groups excluding carboxylic acids is 1. The smallest absolute Gasteiger partial charge is 0.251 e. The monoisotopic (exact) mass is 352 g/mol. The van der Waals surface area contributed by atoms with Crippen LogP contribution in [-0.2, 0) is 6.54 Å². The number of aryl methyl sites for hydroxylation is 1. The van der Waals surface area contributed by atoms with Gasteiger partial charge in [0.2, 0.25) is 0 Å². The van der Waals surface area contributed by atoms with E-state index >= 15 is 0 Å². The van der Waals surface area contributed by atoms with Crippen LogP contribution in [0.1, 0.15) is 62.2 Å². The van der Waals surface area contributed by atoms with E-state index < -0.39 is 0 Å². The van der Waals surface area contributed by atoms with E-state index in [0.717, 1.165) is 48.3 Å². The molecule has 0 radical (unpaired) electrons. The highest BCUT2D eigenvalue weighted by Gasteiger charge is 2.50. The van der Waals surface area contributed by atoms with Crippen LogP contribution in [0.25, 0.3) is 11.0 Å². The van der Waals surface area contributed by atoms with E-state index in [0.29, 0.717) is 11.0 Å². The molecule has 1 N–H and O–H groups in total. The van der Waals surface area contributed by atoms with Gasteiger partial charge in [-0.25, -0.2) is 4.68 Å². The van der Waals surface area contributed by atoms with Crippen LogP contribution in [0, 0.1) is 23.2 Å². The summed E-state index contributed by atoms with van der Waals surface area (Å²) in [4.78, 5) is 12.6. The second-order valence-corrected chi connectivity index (χ2v) is 9.03. The Kier molecular flexibility index (Phi) is 3.80. The average molecular weight is 352 g/mol. The molecule has 5 heteroatoms. The molecule has 1 heterocycles. The zero-order valence-corrected chi connectivity index (χ0v) is 15.6. The lowest BCUT2D eigenvalue weighted by Crippen LogP contribution is -2.47. The number of amides is 1. The summed E-state index contributed by atoms with van der Waals surface area (Å²) in [5, 5.41) is 11.5. The quantitative estimate of drug-likeness (QED) is 0.891. The van der Waals surface area contributed by atoms with Crippen molar-refractivity contribution < 1.29 is 4.79 Å². The molecule has 0 saturated heterocycles. The summed E-state index contributed by atoms with van der Waals surface area (Å²) in [6.07, 6.45) is 9.79. The summed E-state index contributed by atoms with van der Waals surface area (Å²) < 4.78 is 1.85. The lowest BCUT2D eigenvalue weighted by Gasteiger charge is -2.57. The Morgan fingerprint density at radius 1 is 1.19 bits per heavy atom. The molecule has 0 unspecified atom stereocenters. The van der Waals surface area contributed by atoms with Gasteiger partial charge in [0.15, 0.2) is 0 Å². The van der Waals surface area contributed by atoms with Gasteiger partial charge in [0, 0.05) is 18.7 Å². The van der Waals surface area contributed by atoms with Crippen molar-refractivity contribution in [3.8, 4) is 0 Å². The molecule has 1 amide bonds. The topological polar surface area (TPSA) is 59.8 Å². The molecule has 0 aliphatic heterocycles. The van der Waals surface area contributed by atoms with Crippen LogP contribution in [-0.4, -0.2) is 27.4 Å². The number of aromatic nitrogens is 3. The van der Waals surface area contributed by atoms with Crippen molar-refractivity contribution in [1.29, 1.82) is 0 Å². The molecule has 138 valence electrons. The van der Waals surface area contributed by atoms with Gasteiger partial charge in [-0.15, -0.1) is 5.10 Å². The standard InChI is InChI=1S/C21H28N4O/c1-2-25-19-4-3-17(10-18(19)23-24-25)20(26)22-6-5-21-11-14-7-15(12-21)9-16(8-14)13-21/h3-4,10,14-16H,2,5-9,11-13H2,1H3,(H,22,26). The van der Waals surface area contributed by atoms with Gasteiger partial charge in [-0.1, -0.05) is 5.21 Å². The molecule has 5 nitrogen and oxygen atoms in total. The van der Waals surface area contributed by atoms with E-state index in [9.17, 15) is 4.79 Å². The maximum atomic E-state index is 12.6. The summed E-state index contributed by atoms with van der Waals surface area (Å²) in [6, 6.07) is 5.69. The highest BCUT2D eigenvalue weighted by Crippen LogP contribution is 2.61. The molecular weight excluding hydrogens is 324 g/mol. The second kappa shape index (κ2) is 6.07. The number of carbonyl (C=O) groups is 1. The minimum absolute atomic E-state index is 0.0164. The van der Waals surface area contributed by atoms with Crippen molar-refractivity contribution in [3.05, 3.63) is 23.8 Å². The van der Waals surface area contributed by atoms with Crippen molar-refractivity contribution in [3.63, 3.8) is 0 Å². The van der Waals surface area contributed by atoms with E-state index in [4.69, 9.17) is 0 Å². The highest BCUT2D eigenvalue weighted by atomic mass is 16.1. The third-order valence-electron chi connectivity index (χ3n) is 7.18. The number of rotatable bonds is 5. The number of nitrogens with one attached hydrogen (secondary N) is 1. The van der Waals surface area contributed by atoms with Gasteiger partial charge in [0.1, 0.15) is 5.52 Å². The Morgan fingerprint density at radius 2 is 1.88 bits per heavy atom. The maximum Gasteiger partial charge on any atom is 0.251 e. The summed E-state index contributed by atoms with van der Waals surface area (Å²) >= 11 is 0. The minimum Gasteiger partial charge on any atom is -0.352 e. The van der Waals surface area contributed by atoms with Crippen LogP contribution in [0.3, 0.4) is 0 Å². The fourth-order valence-corrected chi connectivity index (χ4v) is 6.49. The number of hydrogen-bond donors (Lipinski definition) is 1. The first-order valence-electron chi connectivity index (χ1n) is 10.3. The molecule has 0 spiro atoms. The predicted octanol–water partition coefficient (Wildman–Crippen LogP) is 3.79. The van der Waals surface area contributed by atoms with Crippen LogP contribution in [0.5, 0.6) is 0 Å². The van der Waals surface area contributed by atoms with E-state index in [-0.39, 0.29) is 5.91 Å². The first-order valence-corrected chi connectivity index (χ1v) is 10.3. The normalized spacial score (nSPS) is 32.3. The molecule has 0 atom stereocenters. The van der Waals surface area contributed by atoms with Gasteiger partial charge >= 0.3 is 0 Å². The van der Waals surface area contributed by atoms with Crippen LogP contribution in [0.4, 0.5) is 0 Å². The van der Waals surface area contributed by atoms with Crippen molar-refractivity contribution in [2.45, 2.75) is 58.4 Å². The highest BCUT2D eigenvalue weighted by molar-refractivity contribution is 5.97. The van der Waals surface area contributed by atoms with Crippen molar-refractivity contribution >= 4 is 16.9 Å². The maximum absolute atomic E-state index is 12.6. The van der Waals surface area contributed by atoms with Gasteiger partial charge in [-0.3, -0.25) is 4.79 Å². The number of benzene rings is 1. The van der Waals surface area contributed by atoms with Gasteiger partial charge in [0.05, 0.1) is 5.52 Å².